The van der Waals surface area contributed by atoms with E-state index in [0.29, 0.717) is 6.61 Å². The topological polar surface area (TPSA) is 30.5 Å². The van der Waals surface area contributed by atoms with Crippen LogP contribution in [0.3, 0.4) is 0 Å². The molecule has 3 nitrogen and oxygen atoms in total. The first-order chi connectivity index (χ1) is 9.76. The average Bonchev–Trinajstić information content (AvgIpc) is 2.95. The summed E-state index contributed by atoms with van der Waals surface area (Å²) >= 11 is 3.68. The molecule has 0 saturated carbocycles. The Morgan fingerprint density at radius 1 is 1.45 bits per heavy atom. The van der Waals surface area contributed by atoms with E-state index >= 15 is 0 Å². The van der Waals surface area contributed by atoms with E-state index in [1.54, 1.807) is 0 Å². The second kappa shape index (κ2) is 8.01. The third-order valence-electron chi connectivity index (χ3n) is 3.57. The highest BCUT2D eigenvalue weighted by Gasteiger charge is 2.28. The van der Waals surface area contributed by atoms with Gasteiger partial charge in [-0.05, 0) is 50.4 Å². The highest BCUT2D eigenvalue weighted by atomic mass is 79.9. The zero-order chi connectivity index (χ0) is 14.4. The fraction of sp³-hybridized carbons (Fsp3) is 0.625. The fourth-order valence-electron chi connectivity index (χ4n) is 2.62. The van der Waals surface area contributed by atoms with Crippen molar-refractivity contribution in [1.82, 2.24) is 5.32 Å². The number of benzene rings is 1. The van der Waals surface area contributed by atoms with Gasteiger partial charge in [-0.2, -0.15) is 0 Å². The van der Waals surface area contributed by atoms with Gasteiger partial charge in [-0.3, -0.25) is 0 Å². The Bertz CT molecular complexity index is 419. The van der Waals surface area contributed by atoms with Crippen LogP contribution in [0.15, 0.2) is 22.7 Å². The van der Waals surface area contributed by atoms with E-state index in [0.717, 1.165) is 42.6 Å². The van der Waals surface area contributed by atoms with Gasteiger partial charge in [0.05, 0.1) is 18.8 Å². The van der Waals surface area contributed by atoms with Gasteiger partial charge in [0.25, 0.3) is 0 Å². The molecule has 1 saturated heterocycles. The van der Waals surface area contributed by atoms with E-state index < -0.39 is 0 Å². The summed E-state index contributed by atoms with van der Waals surface area (Å²) < 4.78 is 12.5. The monoisotopic (exact) mass is 341 g/mol. The third-order valence-corrected chi connectivity index (χ3v) is 4.26. The third kappa shape index (κ3) is 3.96. The van der Waals surface area contributed by atoms with Crippen LogP contribution in [0.5, 0.6) is 5.75 Å². The minimum atomic E-state index is 0.252. The Hall–Kier alpha value is -0.580. The number of hydrogen-bond acceptors (Lipinski definition) is 3. The average molecular weight is 342 g/mol. The number of hydrogen-bond donors (Lipinski definition) is 1. The second-order valence-electron chi connectivity index (χ2n) is 5.10. The molecule has 0 radical (unpaired) electrons. The largest absolute Gasteiger partial charge is 0.494 e. The normalized spacial score (nSPS) is 20.1. The molecule has 0 bridgehead atoms. The van der Waals surface area contributed by atoms with Crippen LogP contribution in [0, 0.1) is 0 Å². The van der Waals surface area contributed by atoms with Gasteiger partial charge >= 0.3 is 0 Å². The summed E-state index contributed by atoms with van der Waals surface area (Å²) in [6, 6.07) is 6.49. The maximum absolute atomic E-state index is 5.88. The Morgan fingerprint density at radius 2 is 2.30 bits per heavy atom. The van der Waals surface area contributed by atoms with Crippen molar-refractivity contribution < 1.29 is 9.47 Å². The van der Waals surface area contributed by atoms with Crippen molar-refractivity contribution in [3.8, 4) is 5.75 Å². The zero-order valence-corrected chi connectivity index (χ0v) is 13.9. The summed E-state index contributed by atoms with van der Waals surface area (Å²) in [5.74, 6) is 0.907. The number of halogens is 1. The van der Waals surface area contributed by atoms with Crippen molar-refractivity contribution in [3.05, 3.63) is 28.2 Å². The molecular formula is C16H24BrNO2. The van der Waals surface area contributed by atoms with E-state index in [1.165, 1.54) is 5.56 Å². The lowest BCUT2D eigenvalue weighted by Gasteiger charge is -2.26. The molecule has 20 heavy (non-hydrogen) atoms. The summed E-state index contributed by atoms with van der Waals surface area (Å²) in [7, 11) is 0. The first kappa shape index (κ1) is 15.8. The lowest BCUT2D eigenvalue weighted by atomic mass is 9.99. The Morgan fingerprint density at radius 3 is 2.90 bits per heavy atom. The standard InChI is InChI=1S/C16H24BrNO2/c1-3-9-18-16(15-6-5-10-20-15)13-8-7-12(19-4-2)11-14(13)17/h7-8,11,15-16,18H,3-6,9-10H2,1-2H3. The van der Waals surface area contributed by atoms with Crippen LogP contribution < -0.4 is 10.1 Å². The van der Waals surface area contributed by atoms with Gasteiger partial charge in [-0.1, -0.05) is 28.9 Å². The summed E-state index contributed by atoms with van der Waals surface area (Å²) in [5.41, 5.74) is 1.26. The van der Waals surface area contributed by atoms with E-state index in [4.69, 9.17) is 9.47 Å². The van der Waals surface area contributed by atoms with Crippen molar-refractivity contribution in [2.45, 2.75) is 45.3 Å². The molecule has 1 aromatic rings. The minimum absolute atomic E-state index is 0.252. The maximum atomic E-state index is 5.88. The molecule has 4 heteroatoms. The van der Waals surface area contributed by atoms with E-state index in [2.05, 4.69) is 40.3 Å². The van der Waals surface area contributed by atoms with Gasteiger partial charge in [0, 0.05) is 11.1 Å². The number of ether oxygens (including phenoxy) is 2. The molecule has 2 rings (SSSR count). The predicted octanol–water partition coefficient (Wildman–Crippen LogP) is 4.07. The van der Waals surface area contributed by atoms with Gasteiger partial charge in [0.2, 0.25) is 0 Å². The minimum Gasteiger partial charge on any atom is -0.494 e. The molecule has 0 amide bonds. The molecule has 1 aliphatic heterocycles. The summed E-state index contributed by atoms with van der Waals surface area (Å²) in [4.78, 5) is 0. The number of nitrogens with one attached hydrogen (secondary N) is 1. The van der Waals surface area contributed by atoms with Crippen LogP contribution in [-0.2, 0) is 4.74 Å². The van der Waals surface area contributed by atoms with E-state index in [-0.39, 0.29) is 12.1 Å². The quantitative estimate of drug-likeness (QED) is 0.810. The molecule has 2 unspecified atom stereocenters. The second-order valence-corrected chi connectivity index (χ2v) is 5.95. The van der Waals surface area contributed by atoms with Crippen molar-refractivity contribution in [2.75, 3.05) is 19.8 Å². The van der Waals surface area contributed by atoms with Crippen LogP contribution in [0.1, 0.15) is 44.7 Å². The SMILES string of the molecule is CCCNC(c1ccc(OCC)cc1Br)C1CCCO1. The summed E-state index contributed by atoms with van der Waals surface area (Å²) in [6.45, 7) is 6.76. The Labute approximate surface area is 130 Å². The molecule has 2 atom stereocenters. The molecule has 1 aromatic carbocycles. The van der Waals surface area contributed by atoms with Gasteiger partial charge < -0.3 is 14.8 Å². The molecule has 0 aromatic heterocycles. The smallest absolute Gasteiger partial charge is 0.120 e. The van der Waals surface area contributed by atoms with Crippen LogP contribution in [-0.4, -0.2) is 25.9 Å². The first-order valence-corrected chi connectivity index (χ1v) is 8.32. The fourth-order valence-corrected chi connectivity index (χ4v) is 3.23. The van der Waals surface area contributed by atoms with Gasteiger partial charge in [0.15, 0.2) is 0 Å². The highest BCUT2D eigenvalue weighted by molar-refractivity contribution is 9.10. The Kier molecular flexibility index (Phi) is 6.33. The van der Waals surface area contributed by atoms with Gasteiger partial charge in [0.1, 0.15) is 5.75 Å². The predicted molar refractivity (Wildman–Crippen MR) is 85.3 cm³/mol. The van der Waals surface area contributed by atoms with Crippen LogP contribution in [0.25, 0.3) is 0 Å². The van der Waals surface area contributed by atoms with Crippen LogP contribution in [0.4, 0.5) is 0 Å². The Balaban J connectivity index is 2.18. The van der Waals surface area contributed by atoms with Crippen LogP contribution in [0.2, 0.25) is 0 Å². The lowest BCUT2D eigenvalue weighted by molar-refractivity contribution is 0.0780. The number of rotatable bonds is 7. The zero-order valence-electron chi connectivity index (χ0n) is 12.3. The highest BCUT2D eigenvalue weighted by Crippen LogP contribution is 2.33. The molecule has 112 valence electrons. The van der Waals surface area contributed by atoms with Gasteiger partial charge in [-0.15, -0.1) is 0 Å². The molecule has 1 aliphatic rings. The maximum Gasteiger partial charge on any atom is 0.120 e. The molecule has 1 heterocycles. The van der Waals surface area contributed by atoms with E-state index in [1.807, 2.05) is 13.0 Å². The molecule has 1 N–H and O–H groups in total. The first-order valence-electron chi connectivity index (χ1n) is 7.53. The molecular weight excluding hydrogens is 318 g/mol. The summed E-state index contributed by atoms with van der Waals surface area (Å²) in [5, 5.41) is 3.62. The molecule has 0 spiro atoms. The summed E-state index contributed by atoms with van der Waals surface area (Å²) in [6.07, 6.45) is 3.68. The molecule has 1 fully saturated rings. The van der Waals surface area contributed by atoms with Crippen molar-refractivity contribution in [2.24, 2.45) is 0 Å². The van der Waals surface area contributed by atoms with Crippen LogP contribution >= 0.6 is 15.9 Å². The van der Waals surface area contributed by atoms with Crippen molar-refractivity contribution in [1.29, 1.82) is 0 Å². The van der Waals surface area contributed by atoms with Gasteiger partial charge in [-0.25, -0.2) is 0 Å². The molecule has 0 aliphatic carbocycles. The van der Waals surface area contributed by atoms with E-state index in [9.17, 15) is 0 Å². The van der Waals surface area contributed by atoms with Crippen molar-refractivity contribution in [3.63, 3.8) is 0 Å². The lowest BCUT2D eigenvalue weighted by Crippen LogP contribution is -2.32. The van der Waals surface area contributed by atoms with Crippen molar-refractivity contribution >= 4 is 15.9 Å².